The number of carbonyl (C=O) groups is 7. The fourth-order valence-electron chi connectivity index (χ4n) is 9.76. The summed E-state index contributed by atoms with van der Waals surface area (Å²) < 4.78 is 11.6. The zero-order valence-electron chi connectivity index (χ0n) is 41.4. The number of methoxy groups -OCH3 is 2. The van der Waals surface area contributed by atoms with Gasteiger partial charge in [-0.05, 0) is 49.0 Å². The summed E-state index contributed by atoms with van der Waals surface area (Å²) in [6, 6.07) is 7.94. The minimum Gasteiger partial charge on any atom is -0.383 e. The first kappa shape index (κ1) is 55.1. The van der Waals surface area contributed by atoms with Crippen molar-refractivity contribution in [2.75, 3.05) is 41.4 Å². The molecule has 1 aromatic rings. The Morgan fingerprint density at radius 3 is 2.11 bits per heavy atom. The van der Waals surface area contributed by atoms with Gasteiger partial charge in [-0.2, -0.15) is 0 Å². The predicted octanol–water partition coefficient (Wildman–Crippen LogP) is 5.25. The second kappa shape index (κ2) is 26.2. The van der Waals surface area contributed by atoms with Crippen LogP contribution in [0.1, 0.15) is 125 Å². The van der Waals surface area contributed by atoms with Gasteiger partial charge >= 0.3 is 0 Å². The number of nitrogens with one attached hydrogen (secondary N) is 1. The lowest BCUT2D eigenvalue weighted by Gasteiger charge is -2.41. The van der Waals surface area contributed by atoms with Crippen LogP contribution in [0, 0.1) is 35.5 Å². The van der Waals surface area contributed by atoms with Gasteiger partial charge in [0.15, 0.2) is 5.78 Å². The summed E-state index contributed by atoms with van der Waals surface area (Å²) >= 11 is 0. The molecule has 2 saturated heterocycles. The van der Waals surface area contributed by atoms with Crippen molar-refractivity contribution in [1.82, 2.24) is 24.9 Å². The van der Waals surface area contributed by atoms with E-state index in [2.05, 4.69) is 5.32 Å². The maximum Gasteiger partial charge on any atom is 0.251 e. The molecule has 0 aromatic heterocycles. The van der Waals surface area contributed by atoms with Gasteiger partial charge in [-0.1, -0.05) is 98.6 Å². The molecule has 2 heterocycles. The molecule has 3 rings (SSSR count). The van der Waals surface area contributed by atoms with Crippen LogP contribution in [-0.2, 0) is 49.5 Å². The number of nitrogens with zero attached hydrogens (tertiary/aromatic N) is 4. The Hall–Kier alpha value is -4.21. The molecule has 10 atom stereocenters. The summed E-state index contributed by atoms with van der Waals surface area (Å²) in [5, 5.41) is 14.1. The van der Waals surface area contributed by atoms with Gasteiger partial charge in [0.05, 0.1) is 24.6 Å². The van der Waals surface area contributed by atoms with Crippen LogP contribution in [0.4, 0.5) is 0 Å². The van der Waals surface area contributed by atoms with E-state index in [4.69, 9.17) is 9.47 Å². The quantitative estimate of drug-likeness (QED) is 0.0672. The number of aliphatic hydroxyl groups excluding tert-OH is 1. The first-order chi connectivity index (χ1) is 30.7. The van der Waals surface area contributed by atoms with Gasteiger partial charge in [-0.3, -0.25) is 38.5 Å². The van der Waals surface area contributed by atoms with Crippen molar-refractivity contribution in [3.05, 3.63) is 35.9 Å². The minimum atomic E-state index is -1.39. The average Bonchev–Trinajstić information content (AvgIpc) is 3.86. The second-order valence-corrected chi connectivity index (χ2v) is 19.3. The number of Topliss-reactive ketones (excluding diaryl/α,β-unsaturated/α-hetero) is 1. The largest absolute Gasteiger partial charge is 0.383 e. The lowest BCUT2D eigenvalue weighted by atomic mass is 9.83. The van der Waals surface area contributed by atoms with E-state index in [1.165, 1.54) is 24.0 Å². The van der Waals surface area contributed by atoms with E-state index >= 15 is 0 Å². The first-order valence-electron chi connectivity index (χ1n) is 24.0. The molecule has 1 unspecified atom stereocenters. The molecule has 0 spiro atoms. The summed E-state index contributed by atoms with van der Waals surface area (Å²) in [5.41, 5.74) is 0.972. The predicted molar refractivity (Wildman–Crippen MR) is 249 cm³/mol. The zero-order chi connectivity index (χ0) is 48.7. The van der Waals surface area contributed by atoms with Crippen LogP contribution in [0.25, 0.3) is 0 Å². The van der Waals surface area contributed by atoms with Crippen molar-refractivity contribution < 1.29 is 48.1 Å². The van der Waals surface area contributed by atoms with Crippen LogP contribution in [-0.4, -0.2) is 144 Å². The number of ketones is 1. The highest BCUT2D eigenvalue weighted by molar-refractivity contribution is 6.03. The molecular weight excluding hydrogens is 831 g/mol. The Balaban J connectivity index is 1.67. The molecule has 0 saturated carbocycles. The number of aliphatic hydroxyl groups is 1. The number of likely N-dealkylation sites (tertiary alicyclic amines) is 2. The molecule has 0 bridgehead atoms. The van der Waals surface area contributed by atoms with E-state index in [9.17, 15) is 38.7 Å². The lowest BCUT2D eigenvalue weighted by molar-refractivity contribution is -0.149. The maximum absolute atomic E-state index is 14.6. The average molecular weight is 912 g/mol. The molecule has 0 radical (unpaired) electrons. The number of likely N-dealkylation sites (N-methyl/N-ethyl adjacent to an activating group) is 2. The van der Waals surface area contributed by atoms with Crippen molar-refractivity contribution in [2.24, 2.45) is 35.5 Å². The lowest BCUT2D eigenvalue weighted by Crippen LogP contribution is -2.54. The molecule has 1 aromatic carbocycles. The van der Waals surface area contributed by atoms with Crippen LogP contribution < -0.4 is 5.32 Å². The molecule has 2 aliphatic heterocycles. The van der Waals surface area contributed by atoms with E-state index in [0.717, 1.165) is 5.56 Å². The maximum atomic E-state index is 14.6. The van der Waals surface area contributed by atoms with Crippen LogP contribution >= 0.6 is 0 Å². The fourth-order valence-corrected chi connectivity index (χ4v) is 9.76. The molecule has 15 heteroatoms. The van der Waals surface area contributed by atoms with E-state index < -0.39 is 54.3 Å². The topological polar surface area (TPSA) is 183 Å². The van der Waals surface area contributed by atoms with Crippen molar-refractivity contribution in [2.45, 2.75) is 163 Å². The Morgan fingerprint density at radius 2 is 1.55 bits per heavy atom. The van der Waals surface area contributed by atoms with E-state index in [1.807, 2.05) is 71.9 Å². The van der Waals surface area contributed by atoms with Gasteiger partial charge in [-0.15, -0.1) is 0 Å². The molecule has 2 aliphatic rings. The molecule has 0 aliphatic carbocycles. The zero-order valence-corrected chi connectivity index (χ0v) is 41.4. The van der Waals surface area contributed by atoms with Crippen molar-refractivity contribution in [3.8, 4) is 0 Å². The highest BCUT2D eigenvalue weighted by Gasteiger charge is 2.43. The number of hydrogen-bond donors (Lipinski definition) is 2. The monoisotopic (exact) mass is 912 g/mol. The van der Waals surface area contributed by atoms with Gasteiger partial charge in [0.25, 0.3) is 5.91 Å². The molecule has 2 N–H and O–H groups in total. The van der Waals surface area contributed by atoms with E-state index in [0.29, 0.717) is 58.0 Å². The van der Waals surface area contributed by atoms with E-state index in [-0.39, 0.29) is 84.7 Å². The highest BCUT2D eigenvalue weighted by atomic mass is 16.5. The molecular formula is C50H81N5O10. The van der Waals surface area contributed by atoms with Crippen LogP contribution in [0.15, 0.2) is 30.3 Å². The summed E-state index contributed by atoms with van der Waals surface area (Å²) in [6.45, 7) is 16.0. The standard InChI is InChI=1S/C50H81N5O10/c1-13-33(6)46(40(64-11)30-44(59)54-26-20-23-38(54)35(8)47(60)48(61)51-41(65-12)28-36-21-16-14-17-22-36)53(10)50(63)37(31(2)3)29-39(56)45(32(4)5)52(9)42(57)24-18-15-19-25-55-43(58)27-34(7)49(55)62/h14,16-17,21-22,31-35,37-38,40-41,45-47,60H,13,15,18-20,23-30H2,1-12H3,(H,51,61)/t33-,34?,35-,37-,38-,40+,41-,45-,46-,47+/m0/s1. The Labute approximate surface area is 388 Å². The summed E-state index contributed by atoms with van der Waals surface area (Å²) in [5.74, 6) is -3.75. The minimum absolute atomic E-state index is 0.0290. The van der Waals surface area contributed by atoms with Gasteiger partial charge in [0, 0.05) is 90.9 Å². The summed E-state index contributed by atoms with van der Waals surface area (Å²) in [4.78, 5) is 100. The van der Waals surface area contributed by atoms with Crippen LogP contribution in [0.5, 0.6) is 0 Å². The Morgan fingerprint density at radius 1 is 0.892 bits per heavy atom. The molecule has 6 amide bonds. The van der Waals surface area contributed by atoms with Crippen molar-refractivity contribution in [1.29, 1.82) is 0 Å². The number of imide groups is 1. The number of amides is 6. The van der Waals surface area contributed by atoms with Gasteiger partial charge < -0.3 is 34.6 Å². The Kier molecular flexibility index (Phi) is 22.2. The number of unbranched alkanes of at least 4 members (excludes halogenated alkanes) is 2. The first-order valence-corrected chi connectivity index (χ1v) is 24.0. The van der Waals surface area contributed by atoms with Crippen LogP contribution in [0.2, 0.25) is 0 Å². The number of carbonyl (C=O) groups excluding carboxylic acids is 7. The van der Waals surface area contributed by atoms with Gasteiger partial charge in [-0.25, -0.2) is 0 Å². The molecule has 65 heavy (non-hydrogen) atoms. The highest BCUT2D eigenvalue weighted by Crippen LogP contribution is 2.31. The van der Waals surface area contributed by atoms with Gasteiger partial charge in [0.1, 0.15) is 12.3 Å². The van der Waals surface area contributed by atoms with Crippen molar-refractivity contribution in [3.63, 3.8) is 0 Å². The smallest absolute Gasteiger partial charge is 0.251 e. The van der Waals surface area contributed by atoms with Crippen LogP contribution in [0.3, 0.4) is 0 Å². The van der Waals surface area contributed by atoms with Crippen molar-refractivity contribution >= 4 is 41.2 Å². The molecule has 2 fully saturated rings. The third kappa shape index (κ3) is 14.9. The fraction of sp³-hybridized carbons (Fsp3) is 0.740. The normalized spacial score (nSPS) is 20.3. The third-order valence-corrected chi connectivity index (χ3v) is 14.0. The number of ether oxygens (including phenoxy) is 2. The van der Waals surface area contributed by atoms with Gasteiger partial charge in [0.2, 0.25) is 29.5 Å². The number of benzene rings is 1. The SMILES string of the molecule is CC[C@H](C)[C@@H]([C@@H](CC(=O)N1CCC[C@H]1[C@H](C)[C@@H](O)C(=O)N[C@H](Cc1ccccc1)OC)OC)N(C)C(=O)[C@@H](CC(=O)[C@H](C(C)C)N(C)C(=O)CCCCCN1C(=O)CC(C)C1=O)C(C)C. The summed E-state index contributed by atoms with van der Waals surface area (Å²) in [7, 11) is 6.38. The third-order valence-electron chi connectivity index (χ3n) is 14.0. The van der Waals surface area contributed by atoms with E-state index in [1.54, 1.807) is 37.7 Å². The summed E-state index contributed by atoms with van der Waals surface area (Å²) in [6.07, 6.45) is 1.88. The number of hydrogen-bond acceptors (Lipinski definition) is 10. The molecule has 366 valence electrons. The Bertz CT molecular complexity index is 1740. The molecule has 15 nitrogen and oxygen atoms in total. The second-order valence-electron chi connectivity index (χ2n) is 19.3. The number of rotatable bonds is 27.